The van der Waals surface area contributed by atoms with Gasteiger partial charge in [-0.3, -0.25) is 9.59 Å². The van der Waals surface area contributed by atoms with E-state index in [9.17, 15) is 58.6 Å². The first-order chi connectivity index (χ1) is 39.3. The third-order valence-corrected chi connectivity index (χ3v) is 13.8. The summed E-state index contributed by atoms with van der Waals surface area (Å²) in [5.41, 5.74) is 9.43. The van der Waals surface area contributed by atoms with Crippen LogP contribution < -0.4 is 20.8 Å². The van der Waals surface area contributed by atoms with E-state index >= 15 is 0 Å². The zero-order valence-electron chi connectivity index (χ0n) is 46.9. The van der Waals surface area contributed by atoms with Crippen LogP contribution in [0.5, 0.6) is 0 Å². The van der Waals surface area contributed by atoms with Crippen molar-refractivity contribution < 1.29 is 58.6 Å². The Hall–Kier alpha value is -5.64. The van der Waals surface area contributed by atoms with Crippen LogP contribution in [0.2, 0.25) is 0 Å². The van der Waals surface area contributed by atoms with Gasteiger partial charge in [0, 0.05) is 71.8 Å². The number of benzene rings is 6. The molecule has 4 atom stereocenters. The number of halogens is 2. The van der Waals surface area contributed by atoms with E-state index in [1.54, 1.807) is 48.5 Å². The van der Waals surface area contributed by atoms with E-state index in [0.29, 0.717) is 56.1 Å². The van der Waals surface area contributed by atoms with Crippen LogP contribution in [-0.2, 0) is 22.7 Å². The molecule has 0 aliphatic rings. The van der Waals surface area contributed by atoms with Crippen molar-refractivity contribution in [3.05, 3.63) is 204 Å². The summed E-state index contributed by atoms with van der Waals surface area (Å²) in [4.78, 5) is 49.8. The maximum absolute atomic E-state index is 14.0. The molecule has 0 saturated carbocycles. The average Bonchev–Trinajstić information content (AvgIpc) is 2.49. The fourth-order valence-corrected chi connectivity index (χ4v) is 10.4. The first-order valence-electron chi connectivity index (χ1n) is 27.3. The van der Waals surface area contributed by atoms with Crippen LogP contribution in [0.25, 0.3) is 44.8 Å². The third kappa shape index (κ3) is 18.7. The zero-order valence-corrected chi connectivity index (χ0v) is 49.1. The molecule has 0 unspecified atom stereocenters. The SMILES string of the molecule is CC(C)c1c(C(=O)Nc2ccccc2)c(-c2ccccc2)c(-c2ccc(F)cc2)n1CC[C@@H](O)C[C@@H](O)CC(=O)[O-].CC(C)c1c(C(=O)Nc2ccccc2)c(-c2ccccc2)c(-c2ccc(F)cc2)n1CC[C@@H](O)C[C@@H](O)CC(=O)[O-].[Ca+2].[KH]. The number of rotatable bonds is 24. The van der Waals surface area contributed by atoms with Crippen LogP contribution in [0.1, 0.15) is 110 Å². The number of aliphatic carboxylic acids is 2. The molecule has 2 amide bonds. The van der Waals surface area contributed by atoms with E-state index in [2.05, 4.69) is 10.6 Å². The number of carbonyl (C=O) groups is 4. The molecule has 14 nitrogen and oxygen atoms in total. The molecule has 0 aliphatic heterocycles. The molecule has 84 heavy (non-hydrogen) atoms. The number of nitrogens with one attached hydrogen (secondary N) is 2. The number of amides is 2. The van der Waals surface area contributed by atoms with Crippen molar-refractivity contribution in [2.45, 2.75) is 116 Å². The Balaban J connectivity index is 0.000000300. The van der Waals surface area contributed by atoms with E-state index in [-0.39, 0.29) is 152 Å². The summed E-state index contributed by atoms with van der Waals surface area (Å²) in [5.74, 6) is -4.41. The minimum absolute atomic E-state index is 0. The zero-order chi connectivity index (χ0) is 59.0. The fourth-order valence-electron chi connectivity index (χ4n) is 10.4. The molecular formula is C66H69CaF2KN4O10. The van der Waals surface area contributed by atoms with Crippen molar-refractivity contribution in [2.75, 3.05) is 10.6 Å². The van der Waals surface area contributed by atoms with Crippen LogP contribution in [0, 0.1) is 11.6 Å². The fraction of sp³-hybridized carbons (Fsp3) is 0.273. The van der Waals surface area contributed by atoms with Gasteiger partial charge in [-0.2, -0.15) is 0 Å². The van der Waals surface area contributed by atoms with Gasteiger partial charge in [0.15, 0.2) is 0 Å². The summed E-state index contributed by atoms with van der Waals surface area (Å²) < 4.78 is 32.0. The van der Waals surface area contributed by atoms with Gasteiger partial charge in [-0.15, -0.1) is 0 Å². The molecule has 8 rings (SSSR count). The van der Waals surface area contributed by atoms with Crippen LogP contribution in [0.3, 0.4) is 0 Å². The number of nitrogens with zero attached hydrogens (tertiary/aromatic N) is 2. The minimum atomic E-state index is -1.39. The van der Waals surface area contributed by atoms with Gasteiger partial charge in [0.25, 0.3) is 11.8 Å². The summed E-state index contributed by atoms with van der Waals surface area (Å²) >= 11 is 0. The van der Waals surface area contributed by atoms with E-state index in [1.807, 2.05) is 134 Å². The Labute approximate surface area is 561 Å². The maximum atomic E-state index is 14.0. The number of aromatic nitrogens is 2. The molecule has 0 radical (unpaired) electrons. The summed E-state index contributed by atoms with van der Waals surface area (Å²) in [6.45, 7) is 8.45. The quantitative estimate of drug-likeness (QED) is 0.0315. The van der Waals surface area contributed by atoms with Crippen LogP contribution in [0.4, 0.5) is 20.2 Å². The second-order valence-electron chi connectivity index (χ2n) is 20.8. The Morgan fingerprint density at radius 1 is 0.452 bits per heavy atom. The monoisotopic (exact) mass is 1190 g/mol. The van der Waals surface area contributed by atoms with Crippen LogP contribution in [-0.4, -0.2) is 167 Å². The van der Waals surface area contributed by atoms with Gasteiger partial charge in [-0.25, -0.2) is 8.78 Å². The van der Waals surface area contributed by atoms with Gasteiger partial charge < -0.3 is 60.0 Å². The molecule has 6 N–H and O–H groups in total. The van der Waals surface area contributed by atoms with Crippen molar-refractivity contribution in [3.63, 3.8) is 0 Å². The number of aliphatic hydroxyl groups is 4. The van der Waals surface area contributed by atoms with Gasteiger partial charge in [-0.1, -0.05) is 125 Å². The van der Waals surface area contributed by atoms with Crippen molar-refractivity contribution in [1.29, 1.82) is 0 Å². The summed E-state index contributed by atoms with van der Waals surface area (Å²) in [7, 11) is 0. The Kier molecular flexibility index (Phi) is 27.4. The number of hydrogen-bond donors (Lipinski definition) is 6. The average molecular weight is 1200 g/mol. The predicted molar refractivity (Wildman–Crippen MR) is 322 cm³/mol. The van der Waals surface area contributed by atoms with Gasteiger partial charge in [0.2, 0.25) is 0 Å². The molecule has 2 heterocycles. The van der Waals surface area contributed by atoms with Gasteiger partial charge in [0.05, 0.1) is 46.9 Å². The first kappa shape index (κ1) is 69.1. The van der Waals surface area contributed by atoms with Gasteiger partial charge in [-0.05, 0) is 133 Å². The molecule has 2 aromatic heterocycles. The molecule has 0 fully saturated rings. The molecule has 0 bridgehead atoms. The van der Waals surface area contributed by atoms with Crippen molar-refractivity contribution in [1.82, 2.24) is 9.13 Å². The van der Waals surface area contributed by atoms with Crippen molar-refractivity contribution in [3.8, 4) is 44.8 Å². The number of carboxylic acid groups (broad SMARTS) is 2. The first-order valence-corrected chi connectivity index (χ1v) is 27.3. The molecule has 18 heteroatoms. The number of carboxylic acids is 2. The number of para-hydroxylation sites is 2. The standard InChI is InChI=1S/2C33H35FN2O5.Ca.K.H/c2*1-21(2)31-30(33(41)35-25-11-7-4-8-12-25)29(22-9-5-3-6-10-22)32(23-13-15-24(34)16-14-23)36(31)18-17-26(37)19-27(38)20-28(39)40;;;/h2*3-16,21,26-27,37-38H,17-20H2,1-2H3,(H,35,41)(H,39,40);;;/q;;+2;;/p-2/t2*26-,27-;;;/m11.../s1. The Morgan fingerprint density at radius 3 is 1.04 bits per heavy atom. The van der Waals surface area contributed by atoms with Crippen molar-refractivity contribution in [2.24, 2.45) is 0 Å². The molecular weight excluding hydrogens is 1130 g/mol. The molecule has 0 spiro atoms. The second-order valence-corrected chi connectivity index (χ2v) is 20.8. The Morgan fingerprint density at radius 2 is 0.750 bits per heavy atom. The summed E-state index contributed by atoms with van der Waals surface area (Å²) in [5, 5.41) is 69.2. The van der Waals surface area contributed by atoms with Crippen LogP contribution in [0.15, 0.2) is 170 Å². The van der Waals surface area contributed by atoms with Crippen molar-refractivity contribution >= 4 is 124 Å². The normalized spacial score (nSPS) is 12.4. The van der Waals surface area contributed by atoms with E-state index in [0.717, 1.165) is 22.5 Å². The third-order valence-electron chi connectivity index (χ3n) is 13.8. The number of carbonyl (C=O) groups excluding carboxylic acids is 4. The summed E-state index contributed by atoms with van der Waals surface area (Å²) in [6.07, 6.45) is -5.54. The molecule has 8 aromatic rings. The number of aliphatic hydroxyl groups excluding tert-OH is 4. The number of hydrogen-bond acceptors (Lipinski definition) is 10. The van der Waals surface area contributed by atoms with E-state index < -0.39 is 60.8 Å². The topological polar surface area (TPSA) is 229 Å². The molecule has 430 valence electrons. The molecule has 0 saturated heterocycles. The molecule has 6 aromatic carbocycles. The Bertz CT molecular complexity index is 3180. The van der Waals surface area contributed by atoms with E-state index in [1.165, 1.54) is 24.3 Å². The summed E-state index contributed by atoms with van der Waals surface area (Å²) in [6, 6.07) is 49.4. The number of anilines is 2. The van der Waals surface area contributed by atoms with Gasteiger partial charge >= 0.3 is 89.1 Å². The van der Waals surface area contributed by atoms with Gasteiger partial charge in [0.1, 0.15) is 11.6 Å². The molecule has 0 aliphatic carbocycles. The van der Waals surface area contributed by atoms with Crippen LogP contribution >= 0.6 is 0 Å². The van der Waals surface area contributed by atoms with E-state index in [4.69, 9.17) is 0 Å². The predicted octanol–water partition coefficient (Wildman–Crippen LogP) is 8.93. The second kappa shape index (κ2) is 33.3.